The summed E-state index contributed by atoms with van der Waals surface area (Å²) < 4.78 is 0. The van der Waals surface area contributed by atoms with Gasteiger partial charge in [0.15, 0.2) is 0 Å². The SMILES string of the molecule is CC[C@@H](C)NC(=O)[C@@H]1CCCN(C(=O)c2cc(-c3ccccn3)n[nH]2)C1. The van der Waals surface area contributed by atoms with E-state index in [1.165, 1.54) is 0 Å². The van der Waals surface area contributed by atoms with E-state index in [1.54, 1.807) is 17.2 Å². The molecular formula is C19H25N5O2. The molecule has 0 saturated carbocycles. The molecule has 2 N–H and O–H groups in total. The van der Waals surface area contributed by atoms with Crippen molar-refractivity contribution in [2.24, 2.45) is 5.92 Å². The molecule has 0 unspecified atom stereocenters. The first-order valence-electron chi connectivity index (χ1n) is 9.15. The van der Waals surface area contributed by atoms with E-state index in [-0.39, 0.29) is 23.8 Å². The van der Waals surface area contributed by atoms with Crippen LogP contribution in [-0.4, -0.2) is 51.0 Å². The number of likely N-dealkylation sites (tertiary alicyclic amines) is 1. The van der Waals surface area contributed by atoms with E-state index in [0.29, 0.717) is 30.2 Å². The van der Waals surface area contributed by atoms with Crippen LogP contribution in [0.4, 0.5) is 0 Å². The van der Waals surface area contributed by atoms with Gasteiger partial charge in [0.1, 0.15) is 11.4 Å². The third kappa shape index (κ3) is 4.09. The molecular weight excluding hydrogens is 330 g/mol. The molecule has 2 aromatic heterocycles. The lowest BCUT2D eigenvalue weighted by molar-refractivity contribution is -0.126. The fraction of sp³-hybridized carbons (Fsp3) is 0.474. The zero-order valence-electron chi connectivity index (χ0n) is 15.2. The van der Waals surface area contributed by atoms with Gasteiger partial charge in [-0.05, 0) is 44.4 Å². The van der Waals surface area contributed by atoms with Crippen LogP contribution >= 0.6 is 0 Å². The number of pyridine rings is 1. The van der Waals surface area contributed by atoms with E-state index in [0.717, 1.165) is 19.3 Å². The van der Waals surface area contributed by atoms with Crippen LogP contribution in [0.2, 0.25) is 0 Å². The summed E-state index contributed by atoms with van der Waals surface area (Å²) in [6.45, 7) is 5.13. The number of rotatable bonds is 5. The molecule has 0 spiro atoms. The van der Waals surface area contributed by atoms with Gasteiger partial charge in [-0.3, -0.25) is 19.7 Å². The smallest absolute Gasteiger partial charge is 0.271 e. The van der Waals surface area contributed by atoms with Gasteiger partial charge in [-0.2, -0.15) is 5.10 Å². The Balaban J connectivity index is 1.66. The number of nitrogens with one attached hydrogen (secondary N) is 2. The standard InChI is InChI=1S/C19H25N5O2/c1-3-13(2)21-18(25)14-7-6-10-24(12-14)19(26)17-11-16(22-23-17)15-8-4-5-9-20-15/h4-5,8-9,11,13-14H,3,6-7,10,12H2,1-2H3,(H,21,25)(H,22,23)/t13-,14-/m1/s1. The highest BCUT2D eigenvalue weighted by Gasteiger charge is 2.30. The van der Waals surface area contributed by atoms with E-state index < -0.39 is 0 Å². The number of H-pyrrole nitrogens is 1. The van der Waals surface area contributed by atoms with Crippen molar-refractivity contribution in [3.63, 3.8) is 0 Å². The fourth-order valence-electron chi connectivity index (χ4n) is 3.09. The lowest BCUT2D eigenvalue weighted by atomic mass is 9.96. The molecule has 26 heavy (non-hydrogen) atoms. The van der Waals surface area contributed by atoms with Crippen LogP contribution in [0.5, 0.6) is 0 Å². The molecule has 2 aromatic rings. The van der Waals surface area contributed by atoms with Crippen molar-refractivity contribution in [1.29, 1.82) is 0 Å². The highest BCUT2D eigenvalue weighted by Crippen LogP contribution is 2.20. The Hall–Kier alpha value is -2.70. The van der Waals surface area contributed by atoms with E-state index >= 15 is 0 Å². The second-order valence-corrected chi connectivity index (χ2v) is 6.79. The molecule has 138 valence electrons. The van der Waals surface area contributed by atoms with Crippen LogP contribution in [0.25, 0.3) is 11.4 Å². The van der Waals surface area contributed by atoms with Crippen molar-refractivity contribution in [2.45, 2.75) is 39.2 Å². The maximum Gasteiger partial charge on any atom is 0.271 e. The maximum atomic E-state index is 12.8. The van der Waals surface area contributed by atoms with Gasteiger partial charge >= 0.3 is 0 Å². The number of piperidine rings is 1. The van der Waals surface area contributed by atoms with Crippen molar-refractivity contribution in [3.8, 4) is 11.4 Å². The Bertz CT molecular complexity index is 758. The molecule has 0 radical (unpaired) electrons. The average molecular weight is 355 g/mol. The number of aromatic amines is 1. The second kappa shape index (κ2) is 8.12. The zero-order valence-corrected chi connectivity index (χ0v) is 15.2. The molecule has 1 aliphatic heterocycles. The third-order valence-corrected chi connectivity index (χ3v) is 4.82. The number of hydrogen-bond acceptors (Lipinski definition) is 4. The largest absolute Gasteiger partial charge is 0.353 e. The lowest BCUT2D eigenvalue weighted by Gasteiger charge is -2.32. The van der Waals surface area contributed by atoms with E-state index in [4.69, 9.17) is 0 Å². The van der Waals surface area contributed by atoms with Gasteiger partial charge in [0, 0.05) is 25.3 Å². The predicted molar refractivity (Wildman–Crippen MR) is 98.3 cm³/mol. The average Bonchev–Trinajstić information content (AvgIpc) is 3.18. The van der Waals surface area contributed by atoms with Crippen LogP contribution in [0, 0.1) is 5.92 Å². The van der Waals surface area contributed by atoms with Gasteiger partial charge in [0.25, 0.3) is 5.91 Å². The number of aromatic nitrogens is 3. The Morgan fingerprint density at radius 3 is 2.96 bits per heavy atom. The van der Waals surface area contributed by atoms with Crippen molar-refractivity contribution >= 4 is 11.8 Å². The zero-order chi connectivity index (χ0) is 18.5. The highest BCUT2D eigenvalue weighted by molar-refractivity contribution is 5.93. The predicted octanol–water partition coefficient (Wildman–Crippen LogP) is 2.24. The topological polar surface area (TPSA) is 91.0 Å². The Morgan fingerprint density at radius 1 is 1.38 bits per heavy atom. The van der Waals surface area contributed by atoms with Crippen LogP contribution in [-0.2, 0) is 4.79 Å². The fourth-order valence-corrected chi connectivity index (χ4v) is 3.09. The van der Waals surface area contributed by atoms with Crippen LogP contribution in [0.15, 0.2) is 30.5 Å². The quantitative estimate of drug-likeness (QED) is 0.860. The van der Waals surface area contributed by atoms with E-state index in [9.17, 15) is 9.59 Å². The minimum atomic E-state index is -0.153. The first kappa shape index (κ1) is 18.1. The van der Waals surface area contributed by atoms with Gasteiger partial charge in [0.2, 0.25) is 5.91 Å². The third-order valence-electron chi connectivity index (χ3n) is 4.82. The summed E-state index contributed by atoms with van der Waals surface area (Å²) in [5.74, 6) is -0.240. The molecule has 3 rings (SSSR count). The number of amides is 2. The molecule has 0 aliphatic carbocycles. The van der Waals surface area contributed by atoms with Crippen molar-refractivity contribution in [3.05, 3.63) is 36.2 Å². The first-order chi connectivity index (χ1) is 12.6. The molecule has 0 bridgehead atoms. The van der Waals surface area contributed by atoms with Crippen LogP contribution in [0.3, 0.4) is 0 Å². The van der Waals surface area contributed by atoms with Crippen LogP contribution < -0.4 is 5.32 Å². The minimum absolute atomic E-state index is 0.0376. The van der Waals surface area contributed by atoms with Gasteiger partial charge in [-0.25, -0.2) is 0 Å². The number of carbonyl (C=O) groups excluding carboxylic acids is 2. The van der Waals surface area contributed by atoms with Crippen molar-refractivity contribution in [1.82, 2.24) is 25.4 Å². The highest BCUT2D eigenvalue weighted by atomic mass is 16.2. The molecule has 7 nitrogen and oxygen atoms in total. The van der Waals surface area contributed by atoms with Gasteiger partial charge < -0.3 is 10.2 Å². The summed E-state index contributed by atoms with van der Waals surface area (Å²) in [7, 11) is 0. The number of carbonyl (C=O) groups is 2. The minimum Gasteiger partial charge on any atom is -0.353 e. The summed E-state index contributed by atoms with van der Waals surface area (Å²) in [6, 6.07) is 7.43. The second-order valence-electron chi connectivity index (χ2n) is 6.79. The summed E-state index contributed by atoms with van der Waals surface area (Å²) in [4.78, 5) is 31.2. The van der Waals surface area contributed by atoms with Gasteiger partial charge in [0.05, 0.1) is 11.6 Å². The first-order valence-corrected chi connectivity index (χ1v) is 9.15. The molecule has 1 fully saturated rings. The molecule has 0 aromatic carbocycles. The van der Waals surface area contributed by atoms with E-state index in [1.807, 2.05) is 32.0 Å². The summed E-state index contributed by atoms with van der Waals surface area (Å²) in [5, 5.41) is 10.0. The number of nitrogens with zero attached hydrogens (tertiary/aromatic N) is 3. The molecule has 2 atom stereocenters. The van der Waals surface area contributed by atoms with Crippen molar-refractivity contribution < 1.29 is 9.59 Å². The molecule has 2 amide bonds. The Kier molecular flexibility index (Phi) is 5.65. The normalized spacial score (nSPS) is 18.4. The molecule has 1 aliphatic rings. The van der Waals surface area contributed by atoms with Crippen molar-refractivity contribution in [2.75, 3.05) is 13.1 Å². The molecule has 7 heteroatoms. The Morgan fingerprint density at radius 2 is 2.23 bits per heavy atom. The van der Waals surface area contributed by atoms with Gasteiger partial charge in [-0.15, -0.1) is 0 Å². The Labute approximate surface area is 153 Å². The number of hydrogen-bond donors (Lipinski definition) is 2. The lowest BCUT2D eigenvalue weighted by Crippen LogP contribution is -2.47. The molecule has 1 saturated heterocycles. The summed E-state index contributed by atoms with van der Waals surface area (Å²) >= 11 is 0. The summed E-state index contributed by atoms with van der Waals surface area (Å²) in [6.07, 6.45) is 4.22. The van der Waals surface area contributed by atoms with Crippen LogP contribution in [0.1, 0.15) is 43.6 Å². The molecule has 3 heterocycles. The van der Waals surface area contributed by atoms with Gasteiger partial charge in [-0.1, -0.05) is 13.0 Å². The summed E-state index contributed by atoms with van der Waals surface area (Å²) in [5.41, 5.74) is 1.78. The maximum absolute atomic E-state index is 12.8. The van der Waals surface area contributed by atoms with E-state index in [2.05, 4.69) is 20.5 Å². The monoisotopic (exact) mass is 355 g/mol.